The molecule has 0 saturated heterocycles. The minimum Gasteiger partial charge on any atom is -0.428 e. The lowest BCUT2D eigenvalue weighted by molar-refractivity contribution is 0.471. The van der Waals surface area contributed by atoms with Crippen molar-refractivity contribution in [2.24, 2.45) is 0 Å². The SMILES string of the molecule is O=S(=O)(c1ccc(F)cc1)c1nc(-c2cccs2)oc1SCc1ccc(F)cc1. The molecule has 2 heterocycles. The number of hydrogen-bond acceptors (Lipinski definition) is 6. The highest BCUT2D eigenvalue weighted by Crippen LogP contribution is 2.37. The Morgan fingerprint density at radius 3 is 2.24 bits per heavy atom. The highest BCUT2D eigenvalue weighted by molar-refractivity contribution is 7.99. The van der Waals surface area contributed by atoms with Crippen LogP contribution < -0.4 is 0 Å². The van der Waals surface area contributed by atoms with Crippen molar-refractivity contribution in [1.82, 2.24) is 4.98 Å². The van der Waals surface area contributed by atoms with Crippen molar-refractivity contribution < 1.29 is 21.6 Å². The average molecular weight is 450 g/mol. The molecule has 2 aromatic heterocycles. The van der Waals surface area contributed by atoms with Crippen molar-refractivity contribution in [1.29, 1.82) is 0 Å². The number of thioether (sulfide) groups is 1. The summed E-state index contributed by atoms with van der Waals surface area (Å²) in [6.45, 7) is 0. The zero-order valence-electron chi connectivity index (χ0n) is 14.7. The molecule has 0 radical (unpaired) electrons. The van der Waals surface area contributed by atoms with Crippen LogP contribution in [-0.4, -0.2) is 13.4 Å². The number of aromatic nitrogens is 1. The summed E-state index contributed by atoms with van der Waals surface area (Å²) < 4.78 is 58.3. The molecule has 0 aliphatic heterocycles. The van der Waals surface area contributed by atoms with Gasteiger partial charge in [-0.2, -0.15) is 4.98 Å². The van der Waals surface area contributed by atoms with E-state index in [1.807, 2.05) is 11.4 Å². The fourth-order valence-corrected chi connectivity index (χ4v) is 5.65. The van der Waals surface area contributed by atoms with E-state index in [9.17, 15) is 17.2 Å². The third-order valence-corrected chi connectivity index (χ3v) is 7.64. The van der Waals surface area contributed by atoms with E-state index in [0.29, 0.717) is 10.6 Å². The monoisotopic (exact) mass is 449 g/mol. The Morgan fingerprint density at radius 1 is 0.966 bits per heavy atom. The highest BCUT2D eigenvalue weighted by Gasteiger charge is 2.29. The largest absolute Gasteiger partial charge is 0.428 e. The van der Waals surface area contributed by atoms with E-state index >= 15 is 0 Å². The van der Waals surface area contributed by atoms with Gasteiger partial charge in [-0.1, -0.05) is 30.0 Å². The van der Waals surface area contributed by atoms with Gasteiger partial charge in [-0.3, -0.25) is 0 Å². The Kier molecular flexibility index (Phi) is 5.53. The predicted octanol–water partition coefficient (Wildman–Crippen LogP) is 5.81. The summed E-state index contributed by atoms with van der Waals surface area (Å²) >= 11 is 2.52. The Hall–Kier alpha value is -2.49. The molecule has 4 rings (SSSR count). The van der Waals surface area contributed by atoms with Crippen LogP contribution in [0.1, 0.15) is 5.56 Å². The number of thiophene rings is 1. The van der Waals surface area contributed by atoms with Crippen molar-refractivity contribution >= 4 is 32.9 Å². The topological polar surface area (TPSA) is 60.2 Å². The smallest absolute Gasteiger partial charge is 0.238 e. The second-order valence-corrected chi connectivity index (χ2v) is 9.72. The lowest BCUT2D eigenvalue weighted by Gasteiger charge is -2.04. The number of nitrogens with zero attached hydrogens (tertiary/aromatic N) is 1. The maximum Gasteiger partial charge on any atom is 0.238 e. The minimum absolute atomic E-state index is 0.0754. The molecule has 2 aromatic carbocycles. The zero-order chi connectivity index (χ0) is 20.4. The summed E-state index contributed by atoms with van der Waals surface area (Å²) in [5.41, 5.74) is 0.801. The lowest BCUT2D eigenvalue weighted by Crippen LogP contribution is -2.04. The third-order valence-electron chi connectivity index (χ3n) is 3.96. The van der Waals surface area contributed by atoms with Gasteiger partial charge in [0, 0.05) is 5.75 Å². The van der Waals surface area contributed by atoms with Gasteiger partial charge < -0.3 is 4.42 Å². The van der Waals surface area contributed by atoms with E-state index in [0.717, 1.165) is 29.5 Å². The molecule has 0 aliphatic carbocycles. The number of benzene rings is 2. The van der Waals surface area contributed by atoms with E-state index in [4.69, 9.17) is 4.42 Å². The van der Waals surface area contributed by atoms with Crippen LogP contribution in [-0.2, 0) is 15.6 Å². The van der Waals surface area contributed by atoms with Gasteiger partial charge in [-0.15, -0.1) is 11.3 Å². The summed E-state index contributed by atoms with van der Waals surface area (Å²) in [5, 5.41) is 1.74. The summed E-state index contributed by atoms with van der Waals surface area (Å²) in [4.78, 5) is 4.84. The maximum absolute atomic E-state index is 13.2. The van der Waals surface area contributed by atoms with Crippen LogP contribution in [0.3, 0.4) is 0 Å². The average Bonchev–Trinajstić information content (AvgIpc) is 3.38. The van der Waals surface area contributed by atoms with Crippen LogP contribution >= 0.6 is 23.1 Å². The third kappa shape index (κ3) is 4.26. The first kappa shape index (κ1) is 19.8. The molecule has 4 aromatic rings. The Morgan fingerprint density at radius 2 is 1.62 bits per heavy atom. The molecule has 0 amide bonds. The van der Waals surface area contributed by atoms with Crippen LogP contribution in [0.4, 0.5) is 8.78 Å². The van der Waals surface area contributed by atoms with E-state index in [1.54, 1.807) is 18.2 Å². The molecule has 4 nitrogen and oxygen atoms in total. The van der Waals surface area contributed by atoms with E-state index in [2.05, 4.69) is 4.98 Å². The highest BCUT2D eigenvalue weighted by atomic mass is 32.2. The molecule has 0 bridgehead atoms. The Balaban J connectivity index is 1.73. The van der Waals surface area contributed by atoms with E-state index in [1.165, 1.54) is 35.6 Å². The van der Waals surface area contributed by atoms with Crippen molar-refractivity contribution in [2.75, 3.05) is 0 Å². The Labute approximate surface area is 174 Å². The van der Waals surface area contributed by atoms with Gasteiger partial charge in [0.2, 0.25) is 25.8 Å². The van der Waals surface area contributed by atoms with Crippen molar-refractivity contribution in [2.45, 2.75) is 20.8 Å². The Bertz CT molecular complexity index is 1220. The van der Waals surface area contributed by atoms with Gasteiger partial charge in [-0.05, 0) is 53.4 Å². The second-order valence-electron chi connectivity index (χ2n) is 5.96. The van der Waals surface area contributed by atoms with Gasteiger partial charge in [0.15, 0.2) is 0 Å². The van der Waals surface area contributed by atoms with Crippen LogP contribution in [0.25, 0.3) is 10.8 Å². The first-order chi connectivity index (χ1) is 13.9. The van der Waals surface area contributed by atoms with E-state index < -0.39 is 15.7 Å². The van der Waals surface area contributed by atoms with Gasteiger partial charge in [0.25, 0.3) is 0 Å². The van der Waals surface area contributed by atoms with Crippen LogP contribution in [0.2, 0.25) is 0 Å². The predicted molar refractivity (Wildman–Crippen MR) is 108 cm³/mol. The van der Waals surface area contributed by atoms with Gasteiger partial charge in [-0.25, -0.2) is 17.2 Å². The molecule has 0 spiro atoms. The molecule has 0 fully saturated rings. The quantitative estimate of drug-likeness (QED) is 0.275. The number of hydrogen-bond donors (Lipinski definition) is 0. The summed E-state index contributed by atoms with van der Waals surface area (Å²) in [7, 11) is -4.02. The molecule has 0 N–H and O–H groups in total. The van der Waals surface area contributed by atoms with Gasteiger partial charge in [0.05, 0.1) is 9.77 Å². The molecule has 0 aliphatic rings. The fraction of sp³-hybridized carbons (Fsp3) is 0.0500. The molecular formula is C20H13F2NO3S3. The minimum atomic E-state index is -4.02. The van der Waals surface area contributed by atoms with Gasteiger partial charge in [0.1, 0.15) is 11.6 Å². The molecular weight excluding hydrogens is 436 g/mol. The van der Waals surface area contributed by atoms with Crippen molar-refractivity contribution in [3.8, 4) is 10.8 Å². The van der Waals surface area contributed by atoms with Crippen molar-refractivity contribution in [3.05, 3.63) is 83.2 Å². The second kappa shape index (κ2) is 8.10. The zero-order valence-corrected chi connectivity index (χ0v) is 17.2. The molecule has 0 saturated carbocycles. The number of sulfone groups is 1. The normalized spacial score (nSPS) is 11.7. The summed E-state index contributed by atoms with van der Waals surface area (Å²) in [5.74, 6) is -0.319. The van der Waals surface area contributed by atoms with E-state index in [-0.39, 0.29) is 26.7 Å². The molecule has 9 heteroatoms. The summed E-state index contributed by atoms with van der Waals surface area (Å²) in [6.07, 6.45) is 0. The van der Waals surface area contributed by atoms with Crippen LogP contribution in [0, 0.1) is 11.6 Å². The van der Waals surface area contributed by atoms with Crippen LogP contribution in [0.15, 0.2) is 85.5 Å². The molecule has 29 heavy (non-hydrogen) atoms. The number of halogens is 2. The fourth-order valence-electron chi connectivity index (χ4n) is 2.51. The number of oxazole rings is 1. The van der Waals surface area contributed by atoms with Gasteiger partial charge >= 0.3 is 0 Å². The standard InChI is InChI=1S/C20H13F2NO3S3/c21-14-5-3-13(4-6-14)12-28-20-19(23-18(26-20)17-2-1-11-27-17)29(24,25)16-9-7-15(22)8-10-16/h1-11H,12H2. The maximum atomic E-state index is 13.2. The molecule has 0 unspecified atom stereocenters. The van der Waals surface area contributed by atoms with Crippen molar-refractivity contribution in [3.63, 3.8) is 0 Å². The first-order valence-corrected chi connectivity index (χ1v) is 11.7. The molecule has 148 valence electrons. The molecule has 0 atom stereocenters. The first-order valence-electron chi connectivity index (χ1n) is 8.36. The lowest BCUT2D eigenvalue weighted by atomic mass is 10.2. The van der Waals surface area contributed by atoms with Crippen LogP contribution in [0.5, 0.6) is 0 Å². The summed E-state index contributed by atoms with van der Waals surface area (Å²) in [6, 6.07) is 14.0. The number of rotatable bonds is 6.